The van der Waals surface area contributed by atoms with Gasteiger partial charge in [-0.15, -0.1) is 0 Å². The maximum Gasteiger partial charge on any atom is 0.294 e. The monoisotopic (exact) mass is 404 g/mol. The van der Waals surface area contributed by atoms with Crippen LogP contribution in [-0.4, -0.2) is 33.5 Å². The number of nitrogens with zero attached hydrogens (tertiary/aromatic N) is 2. The summed E-state index contributed by atoms with van der Waals surface area (Å²) in [6.45, 7) is 2.83. The Morgan fingerprint density at radius 2 is 2.36 bits per heavy atom. The molecule has 3 heterocycles. The predicted molar refractivity (Wildman–Crippen MR) is 97.1 cm³/mol. The zero-order valence-electron chi connectivity index (χ0n) is 13.6. The van der Waals surface area contributed by atoms with Crippen molar-refractivity contribution in [3.8, 4) is 0 Å². The molecule has 1 atom stereocenters. The molecule has 8 heteroatoms. The van der Waals surface area contributed by atoms with Crippen LogP contribution >= 0.6 is 15.9 Å². The van der Waals surface area contributed by atoms with Crippen LogP contribution in [0.15, 0.2) is 31.9 Å². The van der Waals surface area contributed by atoms with Crippen molar-refractivity contribution >= 4 is 43.9 Å². The molecule has 0 saturated carbocycles. The maximum atomic E-state index is 12.4. The first-order chi connectivity index (χ1) is 12.0. The van der Waals surface area contributed by atoms with E-state index in [0.29, 0.717) is 23.5 Å². The zero-order valence-corrected chi connectivity index (χ0v) is 15.2. The molecule has 25 heavy (non-hydrogen) atoms. The minimum atomic E-state index is -0.289. The zero-order chi connectivity index (χ0) is 17.6. The van der Waals surface area contributed by atoms with Crippen molar-refractivity contribution in [1.82, 2.24) is 20.2 Å². The molecule has 1 amide bonds. The summed E-state index contributed by atoms with van der Waals surface area (Å²) in [5, 5.41) is 3.74. The largest absolute Gasteiger partial charge is 0.449 e. The molecule has 130 valence electrons. The topological polar surface area (TPSA) is 91.2 Å². The van der Waals surface area contributed by atoms with E-state index in [-0.39, 0.29) is 23.2 Å². The lowest BCUT2D eigenvalue weighted by Gasteiger charge is -2.24. The minimum Gasteiger partial charge on any atom is -0.449 e. The van der Waals surface area contributed by atoms with Gasteiger partial charge in [-0.1, -0.05) is 15.9 Å². The van der Waals surface area contributed by atoms with Crippen molar-refractivity contribution < 1.29 is 9.21 Å². The van der Waals surface area contributed by atoms with Gasteiger partial charge in [0.1, 0.15) is 16.9 Å². The van der Waals surface area contributed by atoms with Crippen LogP contribution in [0.4, 0.5) is 0 Å². The Hall–Kier alpha value is -2.19. The Kier molecular flexibility index (Phi) is 4.09. The number of amides is 1. The van der Waals surface area contributed by atoms with Crippen molar-refractivity contribution in [3.05, 3.63) is 38.9 Å². The molecule has 2 N–H and O–H groups in total. The summed E-state index contributed by atoms with van der Waals surface area (Å²) in [5.41, 5.74) is 1.13. The van der Waals surface area contributed by atoms with Gasteiger partial charge in [0.2, 0.25) is 11.5 Å². The fourth-order valence-corrected chi connectivity index (χ4v) is 3.71. The fraction of sp³-hybridized carbons (Fsp3) is 0.353. The minimum absolute atomic E-state index is 0.0197. The highest BCUT2D eigenvalue weighted by atomic mass is 79.9. The first-order valence-corrected chi connectivity index (χ1v) is 8.92. The number of aromatic nitrogens is 2. The number of benzene rings is 1. The normalized spacial score (nSPS) is 18.2. The average Bonchev–Trinajstić information content (AvgIpc) is 3.12. The molecule has 1 unspecified atom stereocenters. The van der Waals surface area contributed by atoms with Crippen molar-refractivity contribution in [3.63, 3.8) is 0 Å². The van der Waals surface area contributed by atoms with E-state index in [1.807, 2.05) is 18.2 Å². The molecule has 2 aromatic heterocycles. The van der Waals surface area contributed by atoms with Gasteiger partial charge in [0, 0.05) is 23.3 Å². The van der Waals surface area contributed by atoms with Gasteiger partial charge in [0.25, 0.3) is 5.56 Å². The number of aromatic amines is 1. The third-order valence-electron chi connectivity index (χ3n) is 4.42. The second-order valence-corrected chi connectivity index (χ2v) is 7.18. The predicted octanol–water partition coefficient (Wildman–Crippen LogP) is 2.49. The number of hydrogen-bond donors (Lipinski definition) is 2. The molecule has 0 radical (unpaired) electrons. The molecule has 4 rings (SSSR count). The Labute approximate surface area is 151 Å². The molecule has 1 aliphatic heterocycles. The molecule has 1 aliphatic rings. The molecule has 1 fully saturated rings. The van der Waals surface area contributed by atoms with Gasteiger partial charge < -0.3 is 14.7 Å². The van der Waals surface area contributed by atoms with Gasteiger partial charge in [-0.3, -0.25) is 14.5 Å². The molecule has 3 aromatic rings. The lowest BCUT2D eigenvalue weighted by molar-refractivity contribution is -0.120. The smallest absolute Gasteiger partial charge is 0.294 e. The number of hydrogen-bond acceptors (Lipinski definition) is 5. The summed E-state index contributed by atoms with van der Waals surface area (Å²) in [6.07, 6.45) is 1.88. The second-order valence-electron chi connectivity index (χ2n) is 6.26. The van der Waals surface area contributed by atoms with Crippen molar-refractivity contribution in [2.24, 2.45) is 0 Å². The summed E-state index contributed by atoms with van der Waals surface area (Å²) in [4.78, 5) is 33.3. The Bertz CT molecular complexity index is 1030. The number of likely N-dealkylation sites (tertiary alicyclic amines) is 1. The number of carbonyl (C=O) groups is 1. The highest BCUT2D eigenvalue weighted by Crippen LogP contribution is 2.28. The first-order valence-electron chi connectivity index (χ1n) is 8.13. The molecule has 0 aliphatic carbocycles. The van der Waals surface area contributed by atoms with E-state index in [9.17, 15) is 9.59 Å². The Morgan fingerprint density at radius 1 is 1.52 bits per heavy atom. The van der Waals surface area contributed by atoms with Crippen LogP contribution < -0.4 is 10.9 Å². The van der Waals surface area contributed by atoms with Gasteiger partial charge >= 0.3 is 0 Å². The molecule has 1 saturated heterocycles. The van der Waals surface area contributed by atoms with E-state index >= 15 is 0 Å². The quantitative estimate of drug-likeness (QED) is 0.699. The number of nitrogens with one attached hydrogen (secondary N) is 2. The van der Waals surface area contributed by atoms with E-state index in [0.717, 1.165) is 29.2 Å². The Balaban J connectivity index is 1.73. The number of rotatable bonds is 3. The average molecular weight is 405 g/mol. The van der Waals surface area contributed by atoms with Crippen LogP contribution in [-0.2, 0) is 11.3 Å². The van der Waals surface area contributed by atoms with E-state index in [2.05, 4.69) is 36.1 Å². The van der Waals surface area contributed by atoms with Gasteiger partial charge in [-0.25, -0.2) is 4.98 Å². The van der Waals surface area contributed by atoms with E-state index in [4.69, 9.17) is 4.42 Å². The summed E-state index contributed by atoms with van der Waals surface area (Å²) >= 11 is 3.44. The van der Waals surface area contributed by atoms with Crippen LogP contribution in [0.3, 0.4) is 0 Å². The summed E-state index contributed by atoms with van der Waals surface area (Å²) < 4.78 is 6.54. The molecule has 1 aromatic carbocycles. The van der Waals surface area contributed by atoms with Crippen LogP contribution in [0, 0.1) is 0 Å². The third kappa shape index (κ3) is 3.07. The van der Waals surface area contributed by atoms with Crippen molar-refractivity contribution in [2.45, 2.75) is 32.5 Å². The highest BCUT2D eigenvalue weighted by molar-refractivity contribution is 9.10. The lowest BCUT2D eigenvalue weighted by Crippen LogP contribution is -2.43. The van der Waals surface area contributed by atoms with Crippen LogP contribution in [0.5, 0.6) is 0 Å². The molecule has 0 spiro atoms. The molecular weight excluding hydrogens is 388 g/mol. The van der Waals surface area contributed by atoms with Crippen LogP contribution in [0.1, 0.15) is 25.6 Å². The first kappa shape index (κ1) is 16.3. The molecule has 7 nitrogen and oxygen atoms in total. The van der Waals surface area contributed by atoms with Crippen molar-refractivity contribution in [2.75, 3.05) is 6.54 Å². The maximum absolute atomic E-state index is 12.4. The third-order valence-corrected chi connectivity index (χ3v) is 4.91. The number of halogens is 1. The SMILES string of the molecule is CC(=O)NC1CCCN1Cc1nc2c(oc3ccc(Br)cc32)c(=O)[nH]1. The summed E-state index contributed by atoms with van der Waals surface area (Å²) in [6, 6.07) is 5.57. The fourth-order valence-electron chi connectivity index (χ4n) is 3.35. The number of furan rings is 1. The van der Waals surface area contributed by atoms with E-state index < -0.39 is 0 Å². The molecule has 0 bridgehead atoms. The number of H-pyrrole nitrogens is 1. The highest BCUT2D eigenvalue weighted by Gasteiger charge is 2.26. The van der Waals surface area contributed by atoms with Crippen LogP contribution in [0.2, 0.25) is 0 Å². The van der Waals surface area contributed by atoms with Crippen molar-refractivity contribution in [1.29, 1.82) is 0 Å². The standard InChI is InChI=1S/C17H17BrN4O3/c1-9(23)19-14-3-2-6-22(14)8-13-20-15-11-7-10(18)4-5-12(11)25-16(15)17(24)21-13/h4-5,7,14H,2-3,6,8H2,1H3,(H,19,23)(H,20,21,24). The number of fused-ring (bicyclic) bond motifs is 3. The second kappa shape index (κ2) is 6.27. The van der Waals surface area contributed by atoms with Gasteiger partial charge in [0.05, 0.1) is 12.7 Å². The van der Waals surface area contributed by atoms with Gasteiger partial charge in [-0.05, 0) is 31.0 Å². The van der Waals surface area contributed by atoms with E-state index in [1.54, 1.807) is 0 Å². The van der Waals surface area contributed by atoms with E-state index in [1.165, 1.54) is 6.92 Å². The van der Waals surface area contributed by atoms with Crippen LogP contribution in [0.25, 0.3) is 22.1 Å². The summed E-state index contributed by atoms with van der Waals surface area (Å²) in [5.74, 6) is 0.511. The Morgan fingerprint density at radius 3 is 3.16 bits per heavy atom. The number of carbonyl (C=O) groups excluding carboxylic acids is 1. The lowest BCUT2D eigenvalue weighted by atomic mass is 10.2. The van der Waals surface area contributed by atoms with Gasteiger partial charge in [-0.2, -0.15) is 0 Å². The summed E-state index contributed by atoms with van der Waals surface area (Å²) in [7, 11) is 0. The van der Waals surface area contributed by atoms with Gasteiger partial charge in [0.15, 0.2) is 0 Å². The molecular formula is C17H17BrN4O3.